The Balaban J connectivity index is 2.27. The highest BCUT2D eigenvalue weighted by atomic mass is 79.9. The van der Waals surface area contributed by atoms with Gasteiger partial charge in [-0.3, -0.25) is 0 Å². The number of benzene rings is 2. The first-order valence-corrected chi connectivity index (χ1v) is 7.45. The Kier molecular flexibility index (Phi) is 5.77. The summed E-state index contributed by atoms with van der Waals surface area (Å²) in [5.41, 5.74) is 1.11. The van der Waals surface area contributed by atoms with Crippen molar-refractivity contribution in [2.75, 3.05) is 6.61 Å². The van der Waals surface area contributed by atoms with Gasteiger partial charge in [0.1, 0.15) is 12.4 Å². The molecule has 116 valence electrons. The summed E-state index contributed by atoms with van der Waals surface area (Å²) in [6.45, 7) is 2.38. The Morgan fingerprint density at radius 3 is 2.73 bits per heavy atom. The highest BCUT2D eigenvalue weighted by molar-refractivity contribution is 9.10. The molecule has 0 amide bonds. The van der Waals surface area contributed by atoms with Gasteiger partial charge in [0.05, 0.1) is 17.3 Å². The summed E-state index contributed by atoms with van der Waals surface area (Å²) >= 11 is 3.39. The van der Waals surface area contributed by atoms with Crippen LogP contribution in [0.2, 0.25) is 0 Å². The molecule has 0 atom stereocenters. The molecule has 2 aromatic carbocycles. The van der Waals surface area contributed by atoms with E-state index >= 15 is 0 Å². The molecular formula is C16H15BrFNO3. The number of ether oxygens (including phenoxy) is 2. The SMILES string of the molecule is CCOc1cc(/C=N/O)cc(Br)c1OCc1ccccc1F. The Hall–Kier alpha value is -2.08. The molecule has 0 aliphatic heterocycles. The van der Waals surface area contributed by atoms with Crippen molar-refractivity contribution in [3.8, 4) is 11.5 Å². The van der Waals surface area contributed by atoms with Crippen LogP contribution in [0, 0.1) is 5.82 Å². The molecule has 2 rings (SSSR count). The first-order valence-electron chi connectivity index (χ1n) is 6.65. The standard InChI is InChI=1S/C16H15BrFNO3/c1-2-21-15-8-11(9-19-20)7-13(17)16(15)22-10-12-5-3-4-6-14(12)18/h3-9,20H,2,10H2,1H3/b19-9+. The summed E-state index contributed by atoms with van der Waals surface area (Å²) in [5.74, 6) is 0.643. The lowest BCUT2D eigenvalue weighted by atomic mass is 10.2. The zero-order chi connectivity index (χ0) is 15.9. The Morgan fingerprint density at radius 2 is 2.05 bits per heavy atom. The van der Waals surface area contributed by atoms with Crippen molar-refractivity contribution in [3.05, 3.63) is 57.8 Å². The van der Waals surface area contributed by atoms with E-state index in [9.17, 15) is 4.39 Å². The Morgan fingerprint density at radius 1 is 1.27 bits per heavy atom. The molecule has 1 N–H and O–H groups in total. The molecule has 0 saturated heterocycles. The van der Waals surface area contributed by atoms with E-state index < -0.39 is 0 Å². The van der Waals surface area contributed by atoms with E-state index in [0.717, 1.165) is 0 Å². The van der Waals surface area contributed by atoms with Crippen molar-refractivity contribution in [1.82, 2.24) is 0 Å². The quantitative estimate of drug-likeness (QED) is 0.468. The lowest BCUT2D eigenvalue weighted by Crippen LogP contribution is -2.02. The highest BCUT2D eigenvalue weighted by Crippen LogP contribution is 2.37. The summed E-state index contributed by atoms with van der Waals surface area (Å²) < 4.78 is 25.5. The number of hydrogen-bond acceptors (Lipinski definition) is 4. The van der Waals surface area contributed by atoms with Crippen LogP contribution < -0.4 is 9.47 Å². The number of hydrogen-bond donors (Lipinski definition) is 1. The largest absolute Gasteiger partial charge is 0.490 e. The Bertz CT molecular complexity index is 676. The van der Waals surface area contributed by atoms with Crippen molar-refractivity contribution in [2.45, 2.75) is 13.5 Å². The molecular weight excluding hydrogens is 353 g/mol. The highest BCUT2D eigenvalue weighted by Gasteiger charge is 2.13. The van der Waals surface area contributed by atoms with Crippen molar-refractivity contribution < 1.29 is 19.1 Å². The average Bonchev–Trinajstić information content (AvgIpc) is 2.49. The van der Waals surface area contributed by atoms with Gasteiger partial charge in [0.2, 0.25) is 0 Å². The van der Waals surface area contributed by atoms with E-state index in [0.29, 0.717) is 33.7 Å². The van der Waals surface area contributed by atoms with Gasteiger partial charge in [-0.1, -0.05) is 23.4 Å². The van der Waals surface area contributed by atoms with Gasteiger partial charge in [-0.2, -0.15) is 0 Å². The van der Waals surface area contributed by atoms with Gasteiger partial charge in [0.15, 0.2) is 11.5 Å². The molecule has 2 aromatic rings. The van der Waals surface area contributed by atoms with Crippen molar-refractivity contribution in [3.63, 3.8) is 0 Å². The molecule has 0 aromatic heterocycles. The van der Waals surface area contributed by atoms with Crippen molar-refractivity contribution in [2.24, 2.45) is 5.16 Å². The fourth-order valence-corrected chi connectivity index (χ4v) is 2.47. The van der Waals surface area contributed by atoms with Crippen molar-refractivity contribution in [1.29, 1.82) is 0 Å². The number of oxime groups is 1. The van der Waals surface area contributed by atoms with Gasteiger partial charge in [-0.05, 0) is 41.1 Å². The summed E-state index contributed by atoms with van der Waals surface area (Å²) in [6.07, 6.45) is 1.29. The first-order chi connectivity index (χ1) is 10.7. The van der Waals surface area contributed by atoms with Gasteiger partial charge in [0.25, 0.3) is 0 Å². The van der Waals surface area contributed by atoms with Gasteiger partial charge < -0.3 is 14.7 Å². The molecule has 0 aliphatic carbocycles. The van der Waals surface area contributed by atoms with Crippen LogP contribution in [0.25, 0.3) is 0 Å². The molecule has 0 radical (unpaired) electrons. The van der Waals surface area contributed by atoms with E-state index in [4.69, 9.17) is 14.7 Å². The van der Waals surface area contributed by atoms with E-state index in [-0.39, 0.29) is 12.4 Å². The Labute approximate surface area is 136 Å². The van der Waals surface area contributed by atoms with Crippen LogP contribution in [0.5, 0.6) is 11.5 Å². The maximum atomic E-state index is 13.6. The topological polar surface area (TPSA) is 51.0 Å². The molecule has 6 heteroatoms. The third kappa shape index (κ3) is 3.98. The molecule has 0 heterocycles. The fourth-order valence-electron chi connectivity index (χ4n) is 1.90. The summed E-state index contributed by atoms with van der Waals surface area (Å²) in [6, 6.07) is 9.84. The van der Waals surface area contributed by atoms with Crippen LogP contribution in [0.15, 0.2) is 46.0 Å². The number of halogens is 2. The van der Waals surface area contributed by atoms with E-state index in [1.54, 1.807) is 30.3 Å². The van der Waals surface area contributed by atoms with Gasteiger partial charge >= 0.3 is 0 Å². The molecule has 0 saturated carbocycles. The number of nitrogens with zero attached hydrogens (tertiary/aromatic N) is 1. The lowest BCUT2D eigenvalue weighted by molar-refractivity contribution is 0.264. The minimum absolute atomic E-state index is 0.0821. The van der Waals surface area contributed by atoms with Crippen LogP contribution in [0.1, 0.15) is 18.1 Å². The van der Waals surface area contributed by atoms with Crippen molar-refractivity contribution >= 4 is 22.1 Å². The smallest absolute Gasteiger partial charge is 0.175 e. The maximum absolute atomic E-state index is 13.6. The van der Waals surface area contributed by atoms with E-state index in [1.807, 2.05) is 6.92 Å². The fraction of sp³-hybridized carbons (Fsp3) is 0.188. The normalized spacial score (nSPS) is 10.9. The molecule has 0 bridgehead atoms. The molecule has 0 spiro atoms. The van der Waals surface area contributed by atoms with E-state index in [1.165, 1.54) is 12.3 Å². The summed E-state index contributed by atoms with van der Waals surface area (Å²) in [5, 5.41) is 11.6. The number of rotatable bonds is 6. The van der Waals surface area contributed by atoms with Gasteiger partial charge in [-0.15, -0.1) is 0 Å². The summed E-state index contributed by atoms with van der Waals surface area (Å²) in [7, 11) is 0. The second-order valence-electron chi connectivity index (χ2n) is 4.39. The first kappa shape index (κ1) is 16.3. The van der Waals surface area contributed by atoms with Crippen LogP contribution in [0.3, 0.4) is 0 Å². The molecule has 0 aliphatic rings. The van der Waals surface area contributed by atoms with Crippen LogP contribution in [-0.4, -0.2) is 18.0 Å². The average molecular weight is 368 g/mol. The zero-order valence-electron chi connectivity index (χ0n) is 11.9. The molecule has 4 nitrogen and oxygen atoms in total. The van der Waals surface area contributed by atoms with Gasteiger partial charge in [0, 0.05) is 11.1 Å². The minimum Gasteiger partial charge on any atom is -0.490 e. The predicted molar refractivity (Wildman–Crippen MR) is 85.4 cm³/mol. The van der Waals surface area contributed by atoms with Crippen LogP contribution in [-0.2, 0) is 6.61 Å². The van der Waals surface area contributed by atoms with Gasteiger partial charge in [-0.25, -0.2) is 4.39 Å². The zero-order valence-corrected chi connectivity index (χ0v) is 13.5. The maximum Gasteiger partial charge on any atom is 0.175 e. The summed E-state index contributed by atoms with van der Waals surface area (Å²) in [4.78, 5) is 0. The third-order valence-electron chi connectivity index (χ3n) is 2.87. The minimum atomic E-state index is -0.319. The monoisotopic (exact) mass is 367 g/mol. The second-order valence-corrected chi connectivity index (χ2v) is 5.24. The molecule has 0 unspecified atom stereocenters. The second kappa shape index (κ2) is 7.79. The predicted octanol–water partition coefficient (Wildman–Crippen LogP) is 4.37. The molecule has 0 fully saturated rings. The van der Waals surface area contributed by atoms with Crippen LogP contribution in [0.4, 0.5) is 4.39 Å². The molecule has 22 heavy (non-hydrogen) atoms. The third-order valence-corrected chi connectivity index (χ3v) is 3.46. The van der Waals surface area contributed by atoms with E-state index in [2.05, 4.69) is 21.1 Å². The van der Waals surface area contributed by atoms with Crippen LogP contribution >= 0.6 is 15.9 Å². The lowest BCUT2D eigenvalue weighted by Gasteiger charge is -2.14.